The maximum absolute atomic E-state index is 13.8. The lowest BCUT2D eigenvalue weighted by Crippen LogP contribution is -2.42. The van der Waals surface area contributed by atoms with E-state index in [-0.39, 0.29) is 23.5 Å². The molecule has 1 fully saturated rings. The fourth-order valence-corrected chi connectivity index (χ4v) is 3.26. The second-order valence-electron chi connectivity index (χ2n) is 6.62. The number of hydrogen-bond acceptors (Lipinski definition) is 3. The normalized spacial score (nSPS) is 14.7. The molecule has 3 rings (SSSR count). The van der Waals surface area contributed by atoms with Gasteiger partial charge in [0.1, 0.15) is 0 Å². The van der Waals surface area contributed by atoms with Crippen LogP contribution in [0.5, 0.6) is 5.75 Å². The van der Waals surface area contributed by atoms with Gasteiger partial charge in [-0.2, -0.15) is 0 Å². The molecule has 1 saturated heterocycles. The summed E-state index contributed by atoms with van der Waals surface area (Å²) in [5.74, 6) is -0.759. The molecule has 0 radical (unpaired) electrons. The number of halogens is 1. The highest BCUT2D eigenvalue weighted by molar-refractivity contribution is 5.94. The number of carbonyl (C=O) groups excluding carboxylic acids is 2. The van der Waals surface area contributed by atoms with Gasteiger partial charge >= 0.3 is 0 Å². The van der Waals surface area contributed by atoms with Gasteiger partial charge in [-0.05, 0) is 36.6 Å². The third-order valence-corrected chi connectivity index (χ3v) is 4.86. The van der Waals surface area contributed by atoms with Crippen LogP contribution in [0.25, 0.3) is 0 Å². The Kier molecular flexibility index (Phi) is 6.06. The molecule has 27 heavy (non-hydrogen) atoms. The zero-order valence-corrected chi connectivity index (χ0v) is 15.3. The van der Waals surface area contributed by atoms with Gasteiger partial charge in [-0.1, -0.05) is 30.3 Å². The molecule has 1 aliphatic rings. The van der Waals surface area contributed by atoms with Crippen LogP contribution in [0.4, 0.5) is 4.39 Å². The number of piperidine rings is 1. The molecule has 2 aromatic rings. The molecule has 0 aliphatic carbocycles. The minimum atomic E-state index is -0.557. The third-order valence-electron chi connectivity index (χ3n) is 4.86. The van der Waals surface area contributed by atoms with Crippen LogP contribution in [-0.4, -0.2) is 36.9 Å². The van der Waals surface area contributed by atoms with E-state index in [4.69, 9.17) is 4.74 Å². The van der Waals surface area contributed by atoms with Gasteiger partial charge in [-0.25, -0.2) is 4.39 Å². The minimum absolute atomic E-state index is 0.0152. The highest BCUT2D eigenvalue weighted by Crippen LogP contribution is 2.22. The number of ether oxygens (including phenoxy) is 1. The van der Waals surface area contributed by atoms with E-state index in [0.717, 1.165) is 5.56 Å². The lowest BCUT2D eigenvalue weighted by molar-refractivity contribution is -0.126. The van der Waals surface area contributed by atoms with E-state index in [1.807, 2.05) is 30.3 Å². The molecular formula is C21H23FN2O3. The van der Waals surface area contributed by atoms with Gasteiger partial charge in [0.15, 0.2) is 11.6 Å². The van der Waals surface area contributed by atoms with E-state index in [1.54, 1.807) is 11.0 Å². The van der Waals surface area contributed by atoms with E-state index in [9.17, 15) is 14.0 Å². The Hall–Kier alpha value is -2.89. The lowest BCUT2D eigenvalue weighted by Gasteiger charge is -2.31. The Balaban J connectivity index is 1.51. The summed E-state index contributed by atoms with van der Waals surface area (Å²) in [5.41, 5.74) is 1.35. The summed E-state index contributed by atoms with van der Waals surface area (Å²) in [5, 5.41) is 2.96. The first-order chi connectivity index (χ1) is 13.1. The van der Waals surface area contributed by atoms with Crippen molar-refractivity contribution in [2.75, 3.05) is 20.2 Å². The number of likely N-dealkylation sites (tertiary alicyclic amines) is 1. The van der Waals surface area contributed by atoms with Gasteiger partial charge in [-0.15, -0.1) is 0 Å². The summed E-state index contributed by atoms with van der Waals surface area (Å²) in [6.07, 6.45) is 1.20. The number of rotatable bonds is 5. The van der Waals surface area contributed by atoms with Crippen LogP contribution in [0.3, 0.4) is 0 Å². The van der Waals surface area contributed by atoms with Gasteiger partial charge in [0.25, 0.3) is 5.91 Å². The van der Waals surface area contributed by atoms with Crippen molar-refractivity contribution in [3.05, 3.63) is 65.5 Å². The third kappa shape index (κ3) is 4.64. The fourth-order valence-electron chi connectivity index (χ4n) is 3.26. The quantitative estimate of drug-likeness (QED) is 0.880. The maximum Gasteiger partial charge on any atom is 0.253 e. The summed E-state index contributed by atoms with van der Waals surface area (Å²) in [7, 11) is 1.38. The number of methoxy groups -OCH3 is 1. The van der Waals surface area contributed by atoms with Crippen LogP contribution >= 0.6 is 0 Å². The molecule has 0 aromatic heterocycles. The van der Waals surface area contributed by atoms with Crippen molar-refractivity contribution in [1.29, 1.82) is 0 Å². The Bertz CT molecular complexity index is 802. The van der Waals surface area contributed by atoms with Crippen molar-refractivity contribution in [3.8, 4) is 5.75 Å². The van der Waals surface area contributed by atoms with Crippen molar-refractivity contribution in [2.45, 2.75) is 19.4 Å². The molecule has 0 atom stereocenters. The van der Waals surface area contributed by atoms with E-state index in [0.29, 0.717) is 38.0 Å². The number of nitrogens with one attached hydrogen (secondary N) is 1. The second kappa shape index (κ2) is 8.66. The monoisotopic (exact) mass is 370 g/mol. The second-order valence-corrected chi connectivity index (χ2v) is 6.62. The largest absolute Gasteiger partial charge is 0.494 e. The predicted molar refractivity (Wildman–Crippen MR) is 99.9 cm³/mol. The Morgan fingerprint density at radius 1 is 1.15 bits per heavy atom. The average molecular weight is 370 g/mol. The van der Waals surface area contributed by atoms with Crippen molar-refractivity contribution < 1.29 is 18.7 Å². The predicted octanol–water partition coefficient (Wildman–Crippen LogP) is 3.00. The number of amides is 2. The van der Waals surface area contributed by atoms with Crippen molar-refractivity contribution >= 4 is 11.8 Å². The van der Waals surface area contributed by atoms with Crippen molar-refractivity contribution in [3.63, 3.8) is 0 Å². The zero-order chi connectivity index (χ0) is 19.2. The highest BCUT2D eigenvalue weighted by Gasteiger charge is 2.28. The van der Waals surface area contributed by atoms with Crippen LogP contribution in [0.15, 0.2) is 48.5 Å². The average Bonchev–Trinajstić information content (AvgIpc) is 2.72. The number of nitrogens with zero attached hydrogens (tertiary/aromatic N) is 1. The van der Waals surface area contributed by atoms with E-state index in [1.165, 1.54) is 19.2 Å². The van der Waals surface area contributed by atoms with Gasteiger partial charge in [-0.3, -0.25) is 9.59 Å². The van der Waals surface area contributed by atoms with Gasteiger partial charge < -0.3 is 15.0 Å². The Morgan fingerprint density at radius 2 is 1.85 bits per heavy atom. The minimum Gasteiger partial charge on any atom is -0.494 e. The fraction of sp³-hybridized carbons (Fsp3) is 0.333. The summed E-state index contributed by atoms with van der Waals surface area (Å²) >= 11 is 0. The molecule has 0 bridgehead atoms. The number of hydrogen-bond donors (Lipinski definition) is 1. The highest BCUT2D eigenvalue weighted by atomic mass is 19.1. The summed E-state index contributed by atoms with van der Waals surface area (Å²) in [6, 6.07) is 14.0. The number of carbonyl (C=O) groups is 2. The topological polar surface area (TPSA) is 58.6 Å². The van der Waals surface area contributed by atoms with Crippen molar-refractivity contribution in [1.82, 2.24) is 10.2 Å². The molecular weight excluding hydrogens is 347 g/mol. The van der Waals surface area contributed by atoms with Crippen LogP contribution in [0.1, 0.15) is 28.8 Å². The Morgan fingerprint density at radius 3 is 2.48 bits per heavy atom. The summed E-state index contributed by atoms with van der Waals surface area (Å²) < 4.78 is 18.7. The first-order valence-corrected chi connectivity index (χ1v) is 9.03. The zero-order valence-electron chi connectivity index (χ0n) is 15.3. The van der Waals surface area contributed by atoms with Crippen molar-refractivity contribution in [2.24, 2.45) is 5.92 Å². The van der Waals surface area contributed by atoms with Crippen LogP contribution in [-0.2, 0) is 11.3 Å². The SMILES string of the molecule is COc1ccc(C(=O)N2CCC(C(=O)NCc3ccccc3)CC2)cc1F. The first-order valence-electron chi connectivity index (χ1n) is 9.03. The van der Waals surface area contributed by atoms with Crippen LogP contribution < -0.4 is 10.1 Å². The molecule has 6 heteroatoms. The molecule has 5 nitrogen and oxygen atoms in total. The number of benzene rings is 2. The molecule has 142 valence electrons. The van der Waals surface area contributed by atoms with Crippen LogP contribution in [0.2, 0.25) is 0 Å². The maximum atomic E-state index is 13.8. The lowest BCUT2D eigenvalue weighted by atomic mass is 9.95. The summed E-state index contributed by atoms with van der Waals surface area (Å²) in [4.78, 5) is 26.6. The van der Waals surface area contributed by atoms with E-state index in [2.05, 4.69) is 5.32 Å². The van der Waals surface area contributed by atoms with E-state index < -0.39 is 5.82 Å². The molecule has 0 saturated carbocycles. The molecule has 1 N–H and O–H groups in total. The van der Waals surface area contributed by atoms with Gasteiger partial charge in [0.05, 0.1) is 7.11 Å². The molecule has 1 heterocycles. The molecule has 0 spiro atoms. The Labute approximate surface area is 158 Å². The van der Waals surface area contributed by atoms with Gasteiger partial charge in [0.2, 0.25) is 5.91 Å². The van der Waals surface area contributed by atoms with Gasteiger partial charge in [0, 0.05) is 31.1 Å². The van der Waals surface area contributed by atoms with Crippen LogP contribution in [0, 0.1) is 11.7 Å². The molecule has 2 aromatic carbocycles. The molecule has 1 aliphatic heterocycles. The molecule has 2 amide bonds. The molecule has 0 unspecified atom stereocenters. The first kappa shape index (κ1) is 18.9. The standard InChI is InChI=1S/C21H23FN2O3/c1-27-19-8-7-17(13-18(19)22)21(26)24-11-9-16(10-12-24)20(25)23-14-15-5-3-2-4-6-15/h2-8,13,16H,9-12,14H2,1H3,(H,23,25). The smallest absolute Gasteiger partial charge is 0.253 e. The van der Waals surface area contributed by atoms with E-state index >= 15 is 0 Å². The summed E-state index contributed by atoms with van der Waals surface area (Å²) in [6.45, 7) is 1.47.